The average molecular weight is 332 g/mol. The zero-order chi connectivity index (χ0) is 17.1. The van der Waals surface area contributed by atoms with Gasteiger partial charge in [-0.25, -0.2) is 0 Å². The molecule has 2 heteroatoms. The predicted molar refractivity (Wildman–Crippen MR) is 106 cm³/mol. The van der Waals surface area contributed by atoms with E-state index in [-0.39, 0.29) is 0 Å². The molecule has 25 heavy (non-hydrogen) atoms. The van der Waals surface area contributed by atoms with Gasteiger partial charge in [0.2, 0.25) is 0 Å². The number of aromatic amines is 1. The van der Waals surface area contributed by atoms with Crippen molar-refractivity contribution in [3.05, 3.63) is 71.4 Å². The molecule has 3 aromatic rings. The third-order valence-electron chi connectivity index (χ3n) is 5.73. The number of H-pyrrole nitrogens is 1. The molecule has 0 aliphatic carbocycles. The minimum absolute atomic E-state index is 0.709. The molecule has 1 fully saturated rings. The van der Waals surface area contributed by atoms with Crippen molar-refractivity contribution in [3.8, 4) is 0 Å². The lowest BCUT2D eigenvalue weighted by molar-refractivity contribution is 0.310. The van der Waals surface area contributed by atoms with E-state index in [2.05, 4.69) is 71.7 Å². The van der Waals surface area contributed by atoms with Crippen LogP contribution in [0.1, 0.15) is 36.0 Å². The molecule has 2 heterocycles. The first-order valence-electron chi connectivity index (χ1n) is 9.62. The van der Waals surface area contributed by atoms with Crippen LogP contribution in [0.4, 0.5) is 0 Å². The van der Waals surface area contributed by atoms with E-state index in [1.807, 2.05) is 0 Å². The summed E-state index contributed by atoms with van der Waals surface area (Å²) in [6.07, 6.45) is 9.59. The van der Waals surface area contributed by atoms with Gasteiger partial charge in [-0.3, -0.25) is 0 Å². The third kappa shape index (κ3) is 3.80. The molecular formula is C23H28N2. The second-order valence-electron chi connectivity index (χ2n) is 7.51. The van der Waals surface area contributed by atoms with E-state index in [9.17, 15) is 0 Å². The maximum Gasteiger partial charge on any atom is 0.0456 e. The van der Waals surface area contributed by atoms with Crippen LogP contribution in [-0.4, -0.2) is 29.5 Å². The van der Waals surface area contributed by atoms with E-state index < -0.39 is 0 Å². The summed E-state index contributed by atoms with van der Waals surface area (Å²) in [5.74, 6) is 0. The Kier molecular flexibility index (Phi) is 4.89. The molecule has 0 saturated carbocycles. The van der Waals surface area contributed by atoms with Gasteiger partial charge in [-0.05, 0) is 80.9 Å². The monoisotopic (exact) mass is 332 g/mol. The molecule has 4 rings (SSSR count). The normalized spacial score (nSPS) is 18.2. The van der Waals surface area contributed by atoms with Crippen LogP contribution in [0.2, 0.25) is 0 Å². The van der Waals surface area contributed by atoms with Gasteiger partial charge in [-0.15, -0.1) is 0 Å². The zero-order valence-corrected chi connectivity index (χ0v) is 15.2. The van der Waals surface area contributed by atoms with E-state index in [4.69, 9.17) is 0 Å². The topological polar surface area (TPSA) is 19.0 Å². The number of likely N-dealkylation sites (tertiary alicyclic amines) is 1. The van der Waals surface area contributed by atoms with Gasteiger partial charge in [0.1, 0.15) is 0 Å². The average Bonchev–Trinajstić information content (AvgIpc) is 3.23. The Morgan fingerprint density at radius 1 is 1.04 bits per heavy atom. The summed E-state index contributed by atoms with van der Waals surface area (Å²) in [7, 11) is 2.27. The quantitative estimate of drug-likeness (QED) is 0.674. The van der Waals surface area contributed by atoms with Gasteiger partial charge in [-0.1, -0.05) is 36.4 Å². The van der Waals surface area contributed by atoms with Crippen molar-refractivity contribution in [1.29, 1.82) is 0 Å². The molecule has 1 saturated heterocycles. The van der Waals surface area contributed by atoms with Crippen LogP contribution < -0.4 is 0 Å². The number of likely N-dealkylation sites (N-methyl/N-ethyl adjacent to an activating group) is 1. The molecule has 1 aliphatic heterocycles. The molecule has 2 nitrogen and oxygen atoms in total. The number of hydrogen-bond donors (Lipinski definition) is 1. The SMILES string of the molecule is CN1CCC[C@@H]1Cc1c[nH]c2ccc(CCCc3ccccc3)cc12. The summed E-state index contributed by atoms with van der Waals surface area (Å²) in [4.78, 5) is 5.98. The highest BCUT2D eigenvalue weighted by Gasteiger charge is 2.22. The first kappa shape index (κ1) is 16.4. The molecule has 0 radical (unpaired) electrons. The van der Waals surface area contributed by atoms with Crippen LogP contribution in [0, 0.1) is 0 Å². The van der Waals surface area contributed by atoms with Gasteiger partial charge in [-0.2, -0.15) is 0 Å². The minimum Gasteiger partial charge on any atom is -0.361 e. The fourth-order valence-electron chi connectivity index (χ4n) is 4.18. The lowest BCUT2D eigenvalue weighted by atomic mass is 9.99. The van der Waals surface area contributed by atoms with E-state index >= 15 is 0 Å². The predicted octanol–water partition coefficient (Wildman–Crippen LogP) is 4.98. The van der Waals surface area contributed by atoms with E-state index in [1.165, 1.54) is 59.8 Å². The number of hydrogen-bond acceptors (Lipinski definition) is 1. The Bertz CT molecular complexity index is 818. The van der Waals surface area contributed by atoms with E-state index in [0.29, 0.717) is 6.04 Å². The standard InChI is InChI=1S/C23H28N2/c1-25-14-6-11-21(25)16-20-17-24-23-13-12-19(15-22(20)23)10-5-9-18-7-3-2-4-8-18/h2-4,7-8,12-13,15,17,21,24H,5-6,9-11,14,16H2,1H3/t21-/m1/s1. The highest BCUT2D eigenvalue weighted by atomic mass is 15.1. The number of nitrogens with one attached hydrogen (secondary N) is 1. The molecule has 1 aromatic heterocycles. The van der Waals surface area contributed by atoms with Gasteiger partial charge in [0.05, 0.1) is 0 Å². The van der Waals surface area contributed by atoms with Crippen molar-refractivity contribution in [2.24, 2.45) is 0 Å². The van der Waals surface area contributed by atoms with Crippen LogP contribution >= 0.6 is 0 Å². The number of fused-ring (bicyclic) bond motifs is 1. The molecule has 0 amide bonds. The maximum atomic E-state index is 3.47. The molecule has 1 aliphatic rings. The highest BCUT2D eigenvalue weighted by Crippen LogP contribution is 2.26. The van der Waals surface area contributed by atoms with Crippen molar-refractivity contribution >= 4 is 10.9 Å². The van der Waals surface area contributed by atoms with E-state index in [0.717, 1.165) is 12.8 Å². The Hall–Kier alpha value is -2.06. The molecule has 0 bridgehead atoms. The third-order valence-corrected chi connectivity index (χ3v) is 5.73. The molecule has 130 valence electrons. The number of nitrogens with zero attached hydrogens (tertiary/aromatic N) is 1. The first-order valence-corrected chi connectivity index (χ1v) is 9.62. The molecular weight excluding hydrogens is 304 g/mol. The highest BCUT2D eigenvalue weighted by molar-refractivity contribution is 5.84. The smallest absolute Gasteiger partial charge is 0.0456 e. The van der Waals surface area contributed by atoms with Crippen LogP contribution in [0.15, 0.2) is 54.7 Å². The molecule has 1 N–H and O–H groups in total. The Morgan fingerprint density at radius 2 is 1.88 bits per heavy atom. The van der Waals surface area contributed by atoms with Crippen molar-refractivity contribution < 1.29 is 0 Å². The second-order valence-corrected chi connectivity index (χ2v) is 7.51. The van der Waals surface area contributed by atoms with Crippen molar-refractivity contribution in [3.63, 3.8) is 0 Å². The fourth-order valence-corrected chi connectivity index (χ4v) is 4.18. The Morgan fingerprint density at radius 3 is 2.68 bits per heavy atom. The van der Waals surface area contributed by atoms with Crippen LogP contribution in [0.5, 0.6) is 0 Å². The number of aryl methyl sites for hydroxylation is 2. The number of aromatic nitrogens is 1. The Labute approximate surface area is 150 Å². The van der Waals surface area contributed by atoms with Crippen molar-refractivity contribution in [2.45, 2.75) is 44.6 Å². The summed E-state index contributed by atoms with van der Waals surface area (Å²) in [5, 5.41) is 1.43. The van der Waals surface area contributed by atoms with Crippen molar-refractivity contribution in [1.82, 2.24) is 9.88 Å². The summed E-state index contributed by atoms with van der Waals surface area (Å²) in [6.45, 7) is 1.25. The molecule has 1 atom stereocenters. The van der Waals surface area contributed by atoms with Gasteiger partial charge in [0.15, 0.2) is 0 Å². The Balaban J connectivity index is 1.44. The lowest BCUT2D eigenvalue weighted by Crippen LogP contribution is -2.26. The number of rotatable bonds is 6. The summed E-state index contributed by atoms with van der Waals surface area (Å²) < 4.78 is 0. The summed E-state index contributed by atoms with van der Waals surface area (Å²) >= 11 is 0. The van der Waals surface area contributed by atoms with Gasteiger partial charge in [0, 0.05) is 23.1 Å². The number of benzene rings is 2. The van der Waals surface area contributed by atoms with E-state index in [1.54, 1.807) is 0 Å². The van der Waals surface area contributed by atoms with Crippen LogP contribution in [0.3, 0.4) is 0 Å². The fraction of sp³-hybridized carbons (Fsp3) is 0.391. The van der Waals surface area contributed by atoms with Gasteiger partial charge >= 0.3 is 0 Å². The van der Waals surface area contributed by atoms with Crippen molar-refractivity contribution in [2.75, 3.05) is 13.6 Å². The second kappa shape index (κ2) is 7.45. The van der Waals surface area contributed by atoms with Crippen LogP contribution in [0.25, 0.3) is 10.9 Å². The van der Waals surface area contributed by atoms with Crippen LogP contribution in [-0.2, 0) is 19.3 Å². The molecule has 0 spiro atoms. The lowest BCUT2D eigenvalue weighted by Gasteiger charge is -2.18. The zero-order valence-electron chi connectivity index (χ0n) is 15.2. The maximum absolute atomic E-state index is 3.47. The first-order chi connectivity index (χ1) is 12.3. The molecule has 0 unspecified atom stereocenters. The largest absolute Gasteiger partial charge is 0.361 e. The van der Waals surface area contributed by atoms with Gasteiger partial charge in [0.25, 0.3) is 0 Å². The minimum atomic E-state index is 0.709. The van der Waals surface area contributed by atoms with Gasteiger partial charge < -0.3 is 9.88 Å². The molecule has 2 aromatic carbocycles. The summed E-state index contributed by atoms with van der Waals surface area (Å²) in [6, 6.07) is 18.5. The summed E-state index contributed by atoms with van der Waals surface area (Å²) in [5.41, 5.74) is 5.67.